The molecule has 0 aliphatic carbocycles. The van der Waals surface area contributed by atoms with Gasteiger partial charge in [0.15, 0.2) is 4.60 Å². The highest BCUT2D eigenvalue weighted by Crippen LogP contribution is 2.22. The molecule has 0 fully saturated rings. The molecule has 1 rings (SSSR count). The fourth-order valence-corrected chi connectivity index (χ4v) is 4.02. The topological polar surface area (TPSA) is 68.1 Å². The number of nitrogens with zero attached hydrogens (tertiary/aromatic N) is 4. The molecule has 0 unspecified atom stereocenters. The van der Waals surface area contributed by atoms with Crippen molar-refractivity contribution in [2.24, 2.45) is 7.05 Å². The fraction of sp³-hybridized carbons (Fsp3) is 0.778. The van der Waals surface area contributed by atoms with Crippen LogP contribution < -0.4 is 0 Å². The van der Waals surface area contributed by atoms with Gasteiger partial charge in [-0.2, -0.15) is 4.31 Å². The number of sulfonamides is 1. The van der Waals surface area contributed by atoms with E-state index in [2.05, 4.69) is 26.2 Å². The zero-order chi connectivity index (χ0) is 13.1. The lowest BCUT2D eigenvalue weighted by Gasteiger charge is -2.19. The van der Waals surface area contributed by atoms with E-state index in [1.807, 2.05) is 13.8 Å². The van der Waals surface area contributed by atoms with Gasteiger partial charge in [0.2, 0.25) is 5.03 Å². The Morgan fingerprint density at radius 2 is 2.06 bits per heavy atom. The summed E-state index contributed by atoms with van der Waals surface area (Å²) in [5, 5.41) is 7.50. The molecule has 0 aliphatic heterocycles. The number of rotatable bonds is 6. The SMILES string of the molecule is CCCCN(CC)S(=O)(=O)c1c(Br)nnn1C. The second-order valence-electron chi connectivity index (χ2n) is 3.66. The van der Waals surface area contributed by atoms with E-state index in [4.69, 9.17) is 0 Å². The highest BCUT2D eigenvalue weighted by Gasteiger charge is 2.29. The van der Waals surface area contributed by atoms with Crippen LogP contribution in [0.15, 0.2) is 9.63 Å². The normalized spacial score (nSPS) is 12.3. The summed E-state index contributed by atoms with van der Waals surface area (Å²) in [6.45, 7) is 4.82. The van der Waals surface area contributed by atoms with Crippen molar-refractivity contribution in [1.82, 2.24) is 19.3 Å². The van der Waals surface area contributed by atoms with E-state index >= 15 is 0 Å². The van der Waals surface area contributed by atoms with Gasteiger partial charge in [0.25, 0.3) is 10.0 Å². The molecular weight excluding hydrogens is 308 g/mol. The number of hydrogen-bond acceptors (Lipinski definition) is 4. The first-order chi connectivity index (χ1) is 7.95. The summed E-state index contributed by atoms with van der Waals surface area (Å²) in [6, 6.07) is 0. The number of aryl methyl sites for hydroxylation is 1. The zero-order valence-corrected chi connectivity index (χ0v) is 12.6. The van der Waals surface area contributed by atoms with Gasteiger partial charge < -0.3 is 0 Å². The van der Waals surface area contributed by atoms with Crippen LogP contribution in [0.1, 0.15) is 26.7 Å². The second-order valence-corrected chi connectivity index (χ2v) is 6.26. The lowest BCUT2D eigenvalue weighted by atomic mass is 10.3. The Morgan fingerprint density at radius 3 is 2.47 bits per heavy atom. The molecule has 0 atom stereocenters. The lowest BCUT2D eigenvalue weighted by Crippen LogP contribution is -2.33. The highest BCUT2D eigenvalue weighted by atomic mass is 79.9. The minimum absolute atomic E-state index is 0.107. The maximum Gasteiger partial charge on any atom is 0.263 e. The lowest BCUT2D eigenvalue weighted by molar-refractivity contribution is 0.412. The summed E-state index contributed by atoms with van der Waals surface area (Å²) in [7, 11) is -1.95. The van der Waals surface area contributed by atoms with Gasteiger partial charge in [0.05, 0.1) is 0 Å². The van der Waals surface area contributed by atoms with Gasteiger partial charge in [-0.1, -0.05) is 25.5 Å². The molecule has 0 N–H and O–H groups in total. The van der Waals surface area contributed by atoms with Crippen molar-refractivity contribution >= 4 is 26.0 Å². The smallest absolute Gasteiger partial charge is 0.235 e. The van der Waals surface area contributed by atoms with E-state index in [9.17, 15) is 8.42 Å². The van der Waals surface area contributed by atoms with Crippen LogP contribution in [-0.4, -0.2) is 40.8 Å². The number of hydrogen-bond donors (Lipinski definition) is 0. The van der Waals surface area contributed by atoms with Gasteiger partial charge in [-0.25, -0.2) is 13.1 Å². The van der Waals surface area contributed by atoms with Crippen LogP contribution in [0, 0.1) is 0 Å². The van der Waals surface area contributed by atoms with Crippen molar-refractivity contribution in [3.05, 3.63) is 4.60 Å². The molecule has 8 heteroatoms. The van der Waals surface area contributed by atoms with Crippen LogP contribution in [-0.2, 0) is 17.1 Å². The molecule has 0 amide bonds. The van der Waals surface area contributed by atoms with Crippen molar-refractivity contribution in [2.75, 3.05) is 13.1 Å². The Morgan fingerprint density at radius 1 is 1.41 bits per heavy atom. The Kier molecular flexibility index (Phi) is 5.08. The standard InChI is InChI=1S/C9H17BrN4O2S/c1-4-6-7-14(5-2)17(15,16)9-8(10)11-12-13(9)3/h4-7H2,1-3H3. The highest BCUT2D eigenvalue weighted by molar-refractivity contribution is 9.10. The zero-order valence-electron chi connectivity index (χ0n) is 10.2. The Balaban J connectivity index is 3.09. The molecule has 1 aromatic heterocycles. The van der Waals surface area contributed by atoms with Gasteiger partial charge in [-0.15, -0.1) is 5.10 Å². The second kappa shape index (κ2) is 5.92. The van der Waals surface area contributed by atoms with Gasteiger partial charge in [0.1, 0.15) is 0 Å². The van der Waals surface area contributed by atoms with E-state index < -0.39 is 10.0 Å². The third-order valence-corrected chi connectivity index (χ3v) is 5.30. The van der Waals surface area contributed by atoms with Crippen LogP contribution >= 0.6 is 15.9 Å². The Bertz CT molecular complexity index is 452. The summed E-state index contributed by atoms with van der Waals surface area (Å²) < 4.78 is 27.7. The molecule has 6 nitrogen and oxygen atoms in total. The van der Waals surface area contributed by atoms with E-state index in [-0.39, 0.29) is 9.63 Å². The van der Waals surface area contributed by atoms with Crippen molar-refractivity contribution in [3.8, 4) is 0 Å². The molecule has 0 aliphatic rings. The first-order valence-corrected chi connectivity index (χ1v) is 7.73. The van der Waals surface area contributed by atoms with Crippen molar-refractivity contribution in [3.63, 3.8) is 0 Å². The predicted octanol–water partition coefficient (Wildman–Crippen LogP) is 1.39. The van der Waals surface area contributed by atoms with Crippen molar-refractivity contribution < 1.29 is 8.42 Å². The average molecular weight is 325 g/mol. The molecule has 0 saturated carbocycles. The molecule has 98 valence electrons. The van der Waals surface area contributed by atoms with Crippen molar-refractivity contribution in [1.29, 1.82) is 0 Å². The van der Waals surface area contributed by atoms with E-state index in [0.717, 1.165) is 12.8 Å². The molecule has 0 bridgehead atoms. The van der Waals surface area contributed by atoms with Crippen LogP contribution in [0.2, 0.25) is 0 Å². The quantitative estimate of drug-likeness (QED) is 0.793. The number of unbranched alkanes of at least 4 members (excludes halogenated alkanes) is 1. The Labute approximate surface area is 110 Å². The Hall–Kier alpha value is -0.470. The van der Waals surface area contributed by atoms with Gasteiger partial charge in [-0.3, -0.25) is 0 Å². The molecule has 0 spiro atoms. The first-order valence-electron chi connectivity index (χ1n) is 5.50. The number of aromatic nitrogens is 3. The minimum Gasteiger partial charge on any atom is -0.235 e. The van der Waals surface area contributed by atoms with E-state index in [0.29, 0.717) is 13.1 Å². The van der Waals surface area contributed by atoms with Gasteiger partial charge in [0, 0.05) is 20.1 Å². The van der Waals surface area contributed by atoms with E-state index in [1.54, 1.807) is 7.05 Å². The third kappa shape index (κ3) is 3.05. The number of halogens is 1. The van der Waals surface area contributed by atoms with E-state index in [1.165, 1.54) is 8.99 Å². The summed E-state index contributed by atoms with van der Waals surface area (Å²) in [5.74, 6) is 0. The molecule has 0 aromatic carbocycles. The van der Waals surface area contributed by atoms with Crippen LogP contribution in [0.4, 0.5) is 0 Å². The average Bonchev–Trinajstić information content (AvgIpc) is 2.59. The van der Waals surface area contributed by atoms with Gasteiger partial charge in [-0.05, 0) is 22.4 Å². The summed E-state index contributed by atoms with van der Waals surface area (Å²) in [6.07, 6.45) is 1.80. The molecular formula is C9H17BrN4O2S. The molecule has 1 aromatic rings. The predicted molar refractivity (Wildman–Crippen MR) is 68.0 cm³/mol. The summed E-state index contributed by atoms with van der Waals surface area (Å²) >= 11 is 3.12. The summed E-state index contributed by atoms with van der Waals surface area (Å²) in [4.78, 5) is 0. The molecule has 0 saturated heterocycles. The van der Waals surface area contributed by atoms with Crippen LogP contribution in [0.5, 0.6) is 0 Å². The van der Waals surface area contributed by atoms with Gasteiger partial charge >= 0.3 is 0 Å². The largest absolute Gasteiger partial charge is 0.263 e. The maximum atomic E-state index is 12.4. The minimum atomic E-state index is -3.52. The third-order valence-electron chi connectivity index (χ3n) is 2.44. The fourth-order valence-electron chi connectivity index (χ4n) is 1.50. The van der Waals surface area contributed by atoms with Crippen LogP contribution in [0.25, 0.3) is 0 Å². The molecule has 0 radical (unpaired) electrons. The molecule has 17 heavy (non-hydrogen) atoms. The van der Waals surface area contributed by atoms with Crippen LogP contribution in [0.3, 0.4) is 0 Å². The maximum absolute atomic E-state index is 12.4. The summed E-state index contributed by atoms with van der Waals surface area (Å²) in [5.41, 5.74) is 0. The first kappa shape index (κ1) is 14.6. The monoisotopic (exact) mass is 324 g/mol. The van der Waals surface area contributed by atoms with Crippen molar-refractivity contribution in [2.45, 2.75) is 31.7 Å². The molecule has 1 heterocycles.